The van der Waals surface area contributed by atoms with Crippen LogP contribution in [0.3, 0.4) is 0 Å². The van der Waals surface area contributed by atoms with Crippen molar-refractivity contribution in [3.63, 3.8) is 0 Å². The van der Waals surface area contributed by atoms with Crippen LogP contribution in [0.5, 0.6) is 0 Å². The average molecular weight is 164 g/mol. The molecule has 1 rings (SSSR count). The van der Waals surface area contributed by atoms with Crippen LogP contribution >= 0.6 is 0 Å². The summed E-state index contributed by atoms with van der Waals surface area (Å²) in [4.78, 5) is 0. The van der Waals surface area contributed by atoms with Crippen LogP contribution in [0.15, 0.2) is 24.3 Å². The highest BCUT2D eigenvalue weighted by atomic mass is 27.2. The smallest absolute Gasteiger partial charge is 0.446 e. The summed E-state index contributed by atoms with van der Waals surface area (Å²) < 4.78 is 6.65. The molecule has 0 heterocycles. The van der Waals surface area contributed by atoms with E-state index in [4.69, 9.17) is 2.84 Å². The third-order valence-electron chi connectivity index (χ3n) is 1.43. The summed E-state index contributed by atoms with van der Waals surface area (Å²) in [6.07, 6.45) is 0. The van der Waals surface area contributed by atoms with Crippen LogP contribution in [0.2, 0.25) is 0 Å². The van der Waals surface area contributed by atoms with E-state index >= 15 is 0 Å². The van der Waals surface area contributed by atoms with Crippen molar-refractivity contribution < 1.29 is 2.84 Å². The first-order valence-electron chi connectivity index (χ1n) is 3.37. The fraction of sp³-hybridized carbons (Fsp3) is 0.143. The summed E-state index contributed by atoms with van der Waals surface area (Å²) in [5.41, 5.74) is 1.33. The number of hydrogen-bond donors (Lipinski definition) is 0. The Hall–Kier alpha value is 0.245. The molecule has 0 saturated heterocycles. The highest BCUT2D eigenvalue weighted by molar-refractivity contribution is 6.50. The maximum atomic E-state index is 5.25. The lowest BCUT2D eigenvalue weighted by molar-refractivity contribution is 0.676. The number of hydrogen-bond acceptors (Lipinski definition) is 1. The van der Waals surface area contributed by atoms with Gasteiger partial charge in [-0.3, -0.25) is 0 Å². The minimum atomic E-state index is -0.355. The Labute approximate surface area is 76.2 Å². The lowest BCUT2D eigenvalue weighted by Gasteiger charge is -1.97. The Balaban J connectivity index is 2.69. The van der Waals surface area contributed by atoms with E-state index in [0.717, 1.165) is 16.6 Å². The van der Waals surface area contributed by atoms with Gasteiger partial charge in [-0.05, 0) is 6.92 Å². The van der Waals surface area contributed by atoms with E-state index in [9.17, 15) is 0 Å². The van der Waals surface area contributed by atoms with Gasteiger partial charge in [-0.25, -0.2) is 0 Å². The Bertz CT molecular complexity index is 195. The van der Waals surface area contributed by atoms with Crippen molar-refractivity contribution >= 4 is 36.6 Å². The van der Waals surface area contributed by atoms with Crippen molar-refractivity contribution in [2.75, 3.05) is 0 Å². The van der Waals surface area contributed by atoms with Gasteiger partial charge in [-0.1, -0.05) is 34.3 Å². The van der Waals surface area contributed by atoms with Crippen LogP contribution in [-0.2, 0) is 2.84 Å². The molecule has 0 bridgehead atoms. The van der Waals surface area contributed by atoms with Crippen molar-refractivity contribution in [1.82, 2.24) is 0 Å². The topological polar surface area (TPSA) is 9.23 Å². The zero-order valence-electron chi connectivity index (χ0n) is 6.42. The molecule has 0 aliphatic carbocycles. The summed E-state index contributed by atoms with van der Waals surface area (Å²) in [6, 6.07) is 8.62. The normalized spacial score (nSPS) is 9.30. The molecule has 3 heteroatoms. The first-order valence-corrected chi connectivity index (χ1v) is 5.47. The molecular weight excluding hydrogens is 154 g/mol. The van der Waals surface area contributed by atoms with E-state index in [1.54, 1.807) is 0 Å². The van der Waals surface area contributed by atoms with Gasteiger partial charge in [0.15, 0.2) is 0 Å². The second kappa shape index (κ2) is 4.19. The highest BCUT2D eigenvalue weighted by Crippen LogP contribution is 1.91. The molecule has 0 N–H and O–H groups in total. The molecule has 10 heavy (non-hydrogen) atoms. The van der Waals surface area contributed by atoms with E-state index in [1.165, 1.54) is 9.99 Å². The van der Waals surface area contributed by atoms with Crippen molar-refractivity contribution in [3.05, 3.63) is 29.8 Å². The van der Waals surface area contributed by atoms with Gasteiger partial charge in [0, 0.05) is 0 Å². The Kier molecular flexibility index (Phi) is 3.50. The molecule has 0 spiro atoms. The van der Waals surface area contributed by atoms with Gasteiger partial charge in [0.1, 0.15) is 0 Å². The first-order chi connectivity index (χ1) is 4.83. The van der Waals surface area contributed by atoms with Gasteiger partial charge in [0.25, 0.3) is 0 Å². The van der Waals surface area contributed by atoms with Gasteiger partial charge >= 0.3 is 32.2 Å². The average Bonchev–Trinajstić information content (AvgIpc) is 1.95. The molecule has 1 nitrogen and oxygen atoms in total. The molecule has 0 saturated carbocycles. The van der Waals surface area contributed by atoms with Crippen molar-refractivity contribution in [1.29, 1.82) is 0 Å². The van der Waals surface area contributed by atoms with Crippen LogP contribution in [0, 0.1) is 6.92 Å². The lowest BCUT2D eigenvalue weighted by atomic mass is 10.2. The predicted octanol–water partition coefficient (Wildman–Crippen LogP) is -0.463. The van der Waals surface area contributed by atoms with Crippen LogP contribution in [-0.4, -0.2) is 32.2 Å². The fourth-order valence-corrected chi connectivity index (χ4v) is 2.61. The zero-order chi connectivity index (χ0) is 7.40. The van der Waals surface area contributed by atoms with E-state index in [0.29, 0.717) is 0 Å². The van der Waals surface area contributed by atoms with Gasteiger partial charge in [-0.2, -0.15) is 0 Å². The summed E-state index contributed by atoms with van der Waals surface area (Å²) in [6.45, 7) is 2.10. The van der Waals surface area contributed by atoms with Gasteiger partial charge in [0.2, 0.25) is 0 Å². The molecule has 0 unspecified atom stereocenters. The third-order valence-corrected chi connectivity index (χ3v) is 3.39. The first kappa shape index (κ1) is 8.34. The zero-order valence-corrected chi connectivity index (χ0v) is 9.84. The van der Waals surface area contributed by atoms with Crippen molar-refractivity contribution in [2.45, 2.75) is 6.92 Å². The van der Waals surface area contributed by atoms with Crippen LogP contribution in [0.4, 0.5) is 0 Å². The summed E-state index contributed by atoms with van der Waals surface area (Å²) in [5.74, 6) is 0. The maximum absolute atomic E-state index is 5.25. The van der Waals surface area contributed by atoms with Gasteiger partial charge < -0.3 is 2.84 Å². The van der Waals surface area contributed by atoms with Crippen molar-refractivity contribution in [2.24, 2.45) is 0 Å². The summed E-state index contributed by atoms with van der Waals surface area (Å²) in [7, 11) is 0. The van der Waals surface area contributed by atoms with Crippen molar-refractivity contribution in [3.8, 4) is 0 Å². The molecule has 0 atom stereocenters. The fourth-order valence-electron chi connectivity index (χ4n) is 0.851. The minimum absolute atomic E-state index is 0.355. The largest absolute Gasteiger partial charge is 0.641 e. The molecule has 0 aliphatic rings. The van der Waals surface area contributed by atoms with Crippen LogP contribution in [0.1, 0.15) is 5.56 Å². The van der Waals surface area contributed by atoms with E-state index in [2.05, 4.69) is 31.2 Å². The summed E-state index contributed by atoms with van der Waals surface area (Å²) >= 11 is 0.528. The molecule has 0 radical (unpaired) electrons. The van der Waals surface area contributed by atoms with E-state index in [-0.39, 0.29) is 15.6 Å². The summed E-state index contributed by atoms with van der Waals surface area (Å²) in [5, 5.41) is 0. The van der Waals surface area contributed by atoms with E-state index < -0.39 is 0 Å². The minimum Gasteiger partial charge on any atom is -0.641 e. The molecule has 0 aromatic heterocycles. The second-order valence-corrected chi connectivity index (χ2v) is 5.83. The third kappa shape index (κ3) is 2.47. The monoisotopic (exact) mass is 164 g/mol. The molecule has 50 valence electrons. The number of aryl methyl sites for hydroxylation is 1. The molecule has 0 amide bonds. The van der Waals surface area contributed by atoms with Crippen LogP contribution < -0.4 is 4.43 Å². The molecular formula is C7H10Al2O. The standard InChI is InChI=1S/C7H7.2Al.O.3H/c1-7-5-3-2-4-6-7;;;;;;/h3-6H,1H3;;;;;;. The molecule has 0 aliphatic heterocycles. The Morgan fingerprint density at radius 1 is 1.30 bits per heavy atom. The SMILES string of the molecule is Cc1cc[c]([AlH][O][AlH2])cc1. The highest BCUT2D eigenvalue weighted by Gasteiger charge is 1.93. The Morgan fingerprint density at radius 3 is 2.40 bits per heavy atom. The number of rotatable bonds is 2. The Morgan fingerprint density at radius 2 is 1.90 bits per heavy atom. The molecule has 1 aromatic carbocycles. The maximum Gasteiger partial charge on any atom is 0.446 e. The van der Waals surface area contributed by atoms with E-state index in [1.807, 2.05) is 0 Å². The quantitative estimate of drug-likeness (QED) is 0.537. The lowest BCUT2D eigenvalue weighted by Crippen LogP contribution is -2.15. The van der Waals surface area contributed by atoms with Gasteiger partial charge in [-0.15, -0.1) is 0 Å². The molecule has 1 aromatic rings. The second-order valence-electron chi connectivity index (χ2n) is 2.42. The number of benzene rings is 1. The van der Waals surface area contributed by atoms with Crippen LogP contribution in [0.25, 0.3) is 0 Å². The molecule has 0 fully saturated rings. The van der Waals surface area contributed by atoms with Gasteiger partial charge in [0.05, 0.1) is 0 Å². The predicted molar refractivity (Wildman–Crippen MR) is 47.6 cm³/mol.